The first-order valence-electron chi connectivity index (χ1n) is 5.66. The molecule has 19 heavy (non-hydrogen) atoms. The van der Waals surface area contributed by atoms with E-state index in [0.29, 0.717) is 5.69 Å². The minimum Gasteiger partial charge on any atom is -0.321 e. The van der Waals surface area contributed by atoms with Crippen molar-refractivity contribution < 1.29 is 4.79 Å². The fourth-order valence-corrected chi connectivity index (χ4v) is 1.79. The van der Waals surface area contributed by atoms with Gasteiger partial charge < -0.3 is 10.3 Å². The Balaban J connectivity index is 1.88. The highest BCUT2D eigenvalue weighted by molar-refractivity contribution is 6.03. The van der Waals surface area contributed by atoms with Crippen molar-refractivity contribution >= 4 is 22.5 Å². The Kier molecular flexibility index (Phi) is 2.60. The lowest BCUT2D eigenvalue weighted by molar-refractivity contribution is 0.102. The lowest BCUT2D eigenvalue weighted by Gasteiger charge is -2.04. The smallest absolute Gasteiger partial charge is 0.272 e. The van der Waals surface area contributed by atoms with E-state index in [0.717, 1.165) is 10.9 Å². The summed E-state index contributed by atoms with van der Waals surface area (Å²) in [5.41, 5.74) is 1.37. The van der Waals surface area contributed by atoms with Gasteiger partial charge in [0, 0.05) is 17.1 Å². The van der Waals surface area contributed by atoms with Crippen LogP contribution in [0.2, 0.25) is 0 Å². The highest BCUT2D eigenvalue weighted by atomic mass is 16.2. The van der Waals surface area contributed by atoms with Gasteiger partial charge in [-0.3, -0.25) is 14.7 Å². The lowest BCUT2D eigenvalue weighted by Crippen LogP contribution is -2.17. The first-order valence-corrected chi connectivity index (χ1v) is 5.66. The summed E-state index contributed by atoms with van der Waals surface area (Å²) in [7, 11) is 0. The van der Waals surface area contributed by atoms with Crippen LogP contribution in [-0.2, 0) is 0 Å². The zero-order valence-electron chi connectivity index (χ0n) is 9.81. The number of carbonyl (C=O) groups is 1. The number of aromatic amines is 2. The van der Waals surface area contributed by atoms with Crippen molar-refractivity contribution in [3.8, 4) is 0 Å². The minimum absolute atomic E-state index is 0.220. The Bertz CT molecular complexity index is 803. The molecule has 1 amide bonds. The molecule has 0 atom stereocenters. The first kappa shape index (κ1) is 11.2. The molecule has 0 saturated carbocycles. The second kappa shape index (κ2) is 4.41. The number of pyridine rings is 1. The van der Waals surface area contributed by atoms with Gasteiger partial charge in [-0.1, -0.05) is 6.07 Å². The molecule has 0 bridgehead atoms. The van der Waals surface area contributed by atoms with Gasteiger partial charge in [-0.2, -0.15) is 5.10 Å². The SMILES string of the molecule is O=C(Nc1ccc2cn[nH]c2c1)c1cccc(=O)[nH]1. The predicted molar refractivity (Wildman–Crippen MR) is 71.1 cm³/mol. The van der Waals surface area contributed by atoms with Crippen LogP contribution < -0.4 is 10.9 Å². The Morgan fingerprint density at radius 3 is 2.95 bits per heavy atom. The van der Waals surface area contributed by atoms with Gasteiger partial charge in [0.15, 0.2) is 0 Å². The lowest BCUT2D eigenvalue weighted by atomic mass is 10.2. The summed E-state index contributed by atoms with van der Waals surface area (Å²) in [6.07, 6.45) is 1.70. The number of rotatable bonds is 2. The van der Waals surface area contributed by atoms with Crippen molar-refractivity contribution in [1.82, 2.24) is 15.2 Å². The normalized spacial score (nSPS) is 10.5. The maximum atomic E-state index is 11.9. The van der Waals surface area contributed by atoms with Crippen molar-refractivity contribution in [2.24, 2.45) is 0 Å². The molecule has 2 heterocycles. The van der Waals surface area contributed by atoms with Crippen LogP contribution in [0.1, 0.15) is 10.5 Å². The molecule has 3 rings (SSSR count). The highest BCUT2D eigenvalue weighted by Crippen LogP contribution is 2.16. The Hall–Kier alpha value is -2.89. The summed E-state index contributed by atoms with van der Waals surface area (Å²) in [4.78, 5) is 25.5. The zero-order valence-corrected chi connectivity index (χ0v) is 9.81. The van der Waals surface area contributed by atoms with Gasteiger partial charge >= 0.3 is 0 Å². The number of carbonyl (C=O) groups excluding carboxylic acids is 1. The van der Waals surface area contributed by atoms with E-state index in [1.165, 1.54) is 12.1 Å². The van der Waals surface area contributed by atoms with Gasteiger partial charge in [-0.05, 0) is 24.3 Å². The zero-order chi connectivity index (χ0) is 13.2. The van der Waals surface area contributed by atoms with Crippen LogP contribution in [0.5, 0.6) is 0 Å². The summed E-state index contributed by atoms with van der Waals surface area (Å²) in [5.74, 6) is -0.364. The number of aromatic nitrogens is 3. The predicted octanol–water partition coefficient (Wildman–Crippen LogP) is 1.50. The maximum absolute atomic E-state index is 11.9. The minimum atomic E-state index is -0.364. The summed E-state index contributed by atoms with van der Waals surface area (Å²) in [6, 6.07) is 9.84. The molecule has 94 valence electrons. The van der Waals surface area contributed by atoms with Gasteiger partial charge in [0.1, 0.15) is 5.69 Å². The molecule has 0 spiro atoms. The third-order valence-electron chi connectivity index (χ3n) is 2.71. The Morgan fingerprint density at radius 2 is 2.11 bits per heavy atom. The largest absolute Gasteiger partial charge is 0.321 e. The number of anilines is 1. The fraction of sp³-hybridized carbons (Fsp3) is 0. The molecular formula is C13H10N4O2. The van der Waals surface area contributed by atoms with Gasteiger partial charge in [0.25, 0.3) is 5.91 Å². The number of nitrogens with one attached hydrogen (secondary N) is 3. The molecule has 0 saturated heterocycles. The van der Waals surface area contributed by atoms with Gasteiger partial charge in [-0.25, -0.2) is 0 Å². The van der Waals surface area contributed by atoms with Crippen LogP contribution in [0.4, 0.5) is 5.69 Å². The number of amides is 1. The van der Waals surface area contributed by atoms with E-state index in [9.17, 15) is 9.59 Å². The number of H-pyrrole nitrogens is 2. The van der Waals surface area contributed by atoms with Crippen LogP contribution in [-0.4, -0.2) is 21.1 Å². The second-order valence-electron chi connectivity index (χ2n) is 4.05. The molecular weight excluding hydrogens is 244 g/mol. The molecule has 6 nitrogen and oxygen atoms in total. The van der Waals surface area contributed by atoms with Crippen LogP contribution >= 0.6 is 0 Å². The van der Waals surface area contributed by atoms with Crippen LogP contribution in [0.15, 0.2) is 47.4 Å². The van der Waals surface area contributed by atoms with Crippen molar-refractivity contribution in [3.05, 3.63) is 58.6 Å². The third-order valence-corrected chi connectivity index (χ3v) is 2.71. The number of benzene rings is 1. The van der Waals surface area contributed by atoms with Gasteiger partial charge in [0.2, 0.25) is 5.56 Å². The molecule has 0 radical (unpaired) electrons. The first-order chi connectivity index (χ1) is 9.22. The molecule has 3 N–H and O–H groups in total. The number of fused-ring (bicyclic) bond motifs is 1. The van der Waals surface area contributed by atoms with Crippen molar-refractivity contribution in [1.29, 1.82) is 0 Å². The molecule has 0 aliphatic heterocycles. The summed E-state index contributed by atoms with van der Waals surface area (Å²) in [6.45, 7) is 0. The molecule has 0 unspecified atom stereocenters. The van der Waals surface area contributed by atoms with E-state index in [1.54, 1.807) is 24.4 Å². The standard InChI is InChI=1S/C13H10N4O2/c18-12-3-1-2-10(16-12)13(19)15-9-5-4-8-7-14-17-11(8)6-9/h1-7H,(H,14,17)(H,15,19)(H,16,18). The molecule has 0 fully saturated rings. The summed E-state index contributed by atoms with van der Waals surface area (Å²) >= 11 is 0. The van der Waals surface area contributed by atoms with E-state index < -0.39 is 0 Å². The quantitative estimate of drug-likeness (QED) is 0.647. The number of hydrogen-bond donors (Lipinski definition) is 3. The van der Waals surface area contributed by atoms with Gasteiger partial charge in [0.05, 0.1) is 11.7 Å². The van der Waals surface area contributed by atoms with Gasteiger partial charge in [-0.15, -0.1) is 0 Å². The molecule has 3 aromatic rings. The monoisotopic (exact) mass is 254 g/mol. The molecule has 2 aromatic heterocycles. The van der Waals surface area contributed by atoms with E-state index >= 15 is 0 Å². The topological polar surface area (TPSA) is 90.6 Å². The number of hydrogen-bond acceptors (Lipinski definition) is 3. The van der Waals surface area contributed by atoms with Crippen molar-refractivity contribution in [2.45, 2.75) is 0 Å². The summed E-state index contributed by atoms with van der Waals surface area (Å²) in [5, 5.41) is 10.4. The maximum Gasteiger partial charge on any atom is 0.272 e. The van der Waals surface area contributed by atoms with Crippen LogP contribution in [0.3, 0.4) is 0 Å². The fourth-order valence-electron chi connectivity index (χ4n) is 1.79. The second-order valence-corrected chi connectivity index (χ2v) is 4.05. The van der Waals surface area contributed by atoms with Crippen molar-refractivity contribution in [3.63, 3.8) is 0 Å². The molecule has 6 heteroatoms. The molecule has 0 aliphatic rings. The molecule has 0 aliphatic carbocycles. The number of nitrogens with zero attached hydrogens (tertiary/aromatic N) is 1. The highest BCUT2D eigenvalue weighted by Gasteiger charge is 2.07. The summed E-state index contributed by atoms with van der Waals surface area (Å²) < 4.78 is 0. The van der Waals surface area contributed by atoms with E-state index in [-0.39, 0.29) is 17.2 Å². The third kappa shape index (κ3) is 2.23. The average molecular weight is 254 g/mol. The van der Waals surface area contributed by atoms with E-state index in [2.05, 4.69) is 20.5 Å². The van der Waals surface area contributed by atoms with E-state index in [1.807, 2.05) is 6.07 Å². The van der Waals surface area contributed by atoms with E-state index in [4.69, 9.17) is 0 Å². The Morgan fingerprint density at radius 1 is 1.21 bits per heavy atom. The average Bonchev–Trinajstić information content (AvgIpc) is 2.86. The van der Waals surface area contributed by atoms with Crippen LogP contribution in [0.25, 0.3) is 10.9 Å². The van der Waals surface area contributed by atoms with Crippen LogP contribution in [0, 0.1) is 0 Å². The Labute approximate surface area is 107 Å². The molecule has 1 aromatic carbocycles. The van der Waals surface area contributed by atoms with Crippen molar-refractivity contribution in [2.75, 3.05) is 5.32 Å².